The Morgan fingerprint density at radius 2 is 1.94 bits per heavy atom. The van der Waals surface area contributed by atoms with Crippen molar-refractivity contribution in [3.63, 3.8) is 0 Å². The number of ether oxygens (including phenoxy) is 1. The summed E-state index contributed by atoms with van der Waals surface area (Å²) in [5.41, 5.74) is 4.18. The first-order valence-corrected chi connectivity index (χ1v) is 6.78. The monoisotopic (exact) mass is 258 g/mol. The number of fused-ring (bicyclic) bond motifs is 1. The van der Waals surface area contributed by atoms with E-state index in [4.69, 9.17) is 4.74 Å². The number of rotatable bonds is 2. The van der Waals surface area contributed by atoms with Crippen LogP contribution in [0.1, 0.15) is 36.8 Å². The molecule has 92 valence electrons. The molecule has 0 bridgehead atoms. The molecule has 2 heterocycles. The van der Waals surface area contributed by atoms with Crippen molar-refractivity contribution in [2.75, 3.05) is 0 Å². The third kappa shape index (κ3) is 1.89. The fourth-order valence-corrected chi connectivity index (χ4v) is 3.30. The lowest BCUT2D eigenvalue weighted by molar-refractivity contribution is 0.104. The minimum absolute atomic E-state index is 0.125. The number of carbonyl (C=O) groups is 1. The van der Waals surface area contributed by atoms with E-state index in [1.807, 2.05) is 32.0 Å². The predicted molar refractivity (Wildman–Crippen MR) is 72.2 cm³/mol. The molecule has 1 aromatic carbocycles. The van der Waals surface area contributed by atoms with Crippen LogP contribution in [0.2, 0.25) is 0 Å². The molecule has 0 radical (unpaired) electrons. The Labute approximate surface area is 110 Å². The number of benzene rings is 1. The topological polar surface area (TPSA) is 26.3 Å². The highest BCUT2D eigenvalue weighted by molar-refractivity contribution is 7.14. The highest BCUT2D eigenvalue weighted by Gasteiger charge is 2.18. The third-order valence-electron chi connectivity index (χ3n) is 3.23. The van der Waals surface area contributed by atoms with Gasteiger partial charge in [-0.05, 0) is 42.7 Å². The lowest BCUT2D eigenvalue weighted by Gasteiger charge is -2.02. The molecule has 0 spiro atoms. The van der Waals surface area contributed by atoms with Gasteiger partial charge in [-0.1, -0.05) is 12.1 Å². The Bertz CT molecular complexity index is 625. The number of ketones is 1. The van der Waals surface area contributed by atoms with Crippen LogP contribution in [0, 0.1) is 13.8 Å². The summed E-state index contributed by atoms with van der Waals surface area (Å²) in [4.78, 5) is 14.5. The van der Waals surface area contributed by atoms with E-state index in [-0.39, 0.29) is 5.78 Å². The minimum atomic E-state index is 0.125. The molecule has 1 aromatic heterocycles. The van der Waals surface area contributed by atoms with Crippen molar-refractivity contribution in [3.05, 3.63) is 56.3 Å². The first-order chi connectivity index (χ1) is 8.65. The predicted octanol–water partition coefficient (Wildman–Crippen LogP) is 3.63. The second-order valence-electron chi connectivity index (χ2n) is 4.67. The van der Waals surface area contributed by atoms with Crippen LogP contribution in [0.3, 0.4) is 0 Å². The van der Waals surface area contributed by atoms with E-state index >= 15 is 0 Å². The van der Waals surface area contributed by atoms with Gasteiger partial charge in [-0.25, -0.2) is 0 Å². The van der Waals surface area contributed by atoms with Crippen molar-refractivity contribution in [1.82, 2.24) is 0 Å². The quantitative estimate of drug-likeness (QED) is 0.769. The van der Waals surface area contributed by atoms with Gasteiger partial charge in [0.2, 0.25) is 5.78 Å². The van der Waals surface area contributed by atoms with Crippen molar-refractivity contribution < 1.29 is 9.53 Å². The van der Waals surface area contributed by atoms with E-state index in [1.165, 1.54) is 10.4 Å². The standard InChI is InChI=1S/C15H14O2S/c1-9-5-10(2)18-15(9)14(16)11-3-4-12-7-17-8-13(12)6-11/h3-6H,7-8H2,1-2H3. The molecule has 0 saturated heterocycles. The van der Waals surface area contributed by atoms with Crippen LogP contribution in [-0.2, 0) is 18.0 Å². The van der Waals surface area contributed by atoms with E-state index in [1.54, 1.807) is 11.3 Å². The van der Waals surface area contributed by atoms with Crippen LogP contribution in [-0.4, -0.2) is 5.78 Å². The van der Waals surface area contributed by atoms with Gasteiger partial charge in [0.05, 0.1) is 18.1 Å². The maximum Gasteiger partial charge on any atom is 0.203 e. The molecule has 18 heavy (non-hydrogen) atoms. The van der Waals surface area contributed by atoms with Gasteiger partial charge in [-0.3, -0.25) is 4.79 Å². The number of thiophene rings is 1. The zero-order chi connectivity index (χ0) is 12.7. The zero-order valence-corrected chi connectivity index (χ0v) is 11.3. The summed E-state index contributed by atoms with van der Waals surface area (Å²) in [7, 11) is 0. The maximum atomic E-state index is 12.4. The number of aryl methyl sites for hydroxylation is 2. The average Bonchev–Trinajstić information content (AvgIpc) is 2.93. The van der Waals surface area contributed by atoms with Crippen molar-refractivity contribution in [2.24, 2.45) is 0 Å². The van der Waals surface area contributed by atoms with Gasteiger partial charge in [-0.2, -0.15) is 0 Å². The Kier molecular flexibility index (Phi) is 2.80. The van der Waals surface area contributed by atoms with Crippen molar-refractivity contribution in [1.29, 1.82) is 0 Å². The van der Waals surface area contributed by atoms with Crippen molar-refractivity contribution in [2.45, 2.75) is 27.1 Å². The van der Waals surface area contributed by atoms with Crippen LogP contribution in [0.15, 0.2) is 24.3 Å². The molecule has 0 N–H and O–H groups in total. The lowest BCUT2D eigenvalue weighted by atomic mass is 10.0. The highest BCUT2D eigenvalue weighted by Crippen LogP contribution is 2.26. The molecule has 0 unspecified atom stereocenters. The van der Waals surface area contributed by atoms with Crippen LogP contribution in [0.25, 0.3) is 0 Å². The molecule has 1 aliphatic rings. The summed E-state index contributed by atoms with van der Waals surface area (Å²) in [6.45, 7) is 5.32. The molecule has 0 aliphatic carbocycles. The van der Waals surface area contributed by atoms with Gasteiger partial charge < -0.3 is 4.74 Å². The second-order valence-corrected chi connectivity index (χ2v) is 5.93. The molecule has 2 aromatic rings. The molecule has 1 aliphatic heterocycles. The van der Waals surface area contributed by atoms with E-state index in [9.17, 15) is 4.79 Å². The van der Waals surface area contributed by atoms with E-state index in [0.717, 1.165) is 21.6 Å². The first-order valence-electron chi connectivity index (χ1n) is 5.96. The fraction of sp³-hybridized carbons (Fsp3) is 0.267. The van der Waals surface area contributed by atoms with Gasteiger partial charge in [0.25, 0.3) is 0 Å². The smallest absolute Gasteiger partial charge is 0.203 e. The van der Waals surface area contributed by atoms with Gasteiger partial charge in [-0.15, -0.1) is 11.3 Å². The Hall–Kier alpha value is -1.45. The van der Waals surface area contributed by atoms with Crippen LogP contribution < -0.4 is 0 Å². The van der Waals surface area contributed by atoms with Gasteiger partial charge in [0.1, 0.15) is 0 Å². The first kappa shape index (κ1) is 11.6. The van der Waals surface area contributed by atoms with Gasteiger partial charge >= 0.3 is 0 Å². The molecule has 0 amide bonds. The Balaban J connectivity index is 2.00. The summed E-state index contributed by atoms with van der Waals surface area (Å²) in [5.74, 6) is 0.125. The third-order valence-corrected chi connectivity index (χ3v) is 4.38. The highest BCUT2D eigenvalue weighted by atomic mass is 32.1. The summed E-state index contributed by atoms with van der Waals surface area (Å²) >= 11 is 1.57. The van der Waals surface area contributed by atoms with E-state index in [0.29, 0.717) is 13.2 Å². The number of hydrogen-bond donors (Lipinski definition) is 0. The Morgan fingerprint density at radius 3 is 2.67 bits per heavy atom. The van der Waals surface area contributed by atoms with Gasteiger partial charge in [0, 0.05) is 10.4 Å². The van der Waals surface area contributed by atoms with E-state index in [2.05, 4.69) is 6.07 Å². The molecule has 3 heteroatoms. The maximum absolute atomic E-state index is 12.4. The van der Waals surface area contributed by atoms with Crippen LogP contribution in [0.5, 0.6) is 0 Å². The van der Waals surface area contributed by atoms with Crippen molar-refractivity contribution in [3.8, 4) is 0 Å². The van der Waals surface area contributed by atoms with Gasteiger partial charge in [0.15, 0.2) is 0 Å². The SMILES string of the molecule is Cc1cc(C)c(C(=O)c2ccc3c(c2)COC3)s1. The summed E-state index contributed by atoms with van der Waals surface area (Å²) < 4.78 is 5.37. The minimum Gasteiger partial charge on any atom is -0.372 e. The molecule has 0 fully saturated rings. The van der Waals surface area contributed by atoms with Crippen LogP contribution >= 0.6 is 11.3 Å². The summed E-state index contributed by atoms with van der Waals surface area (Å²) in [5, 5.41) is 0. The molecule has 0 atom stereocenters. The molecule has 2 nitrogen and oxygen atoms in total. The summed E-state index contributed by atoms with van der Waals surface area (Å²) in [6, 6.07) is 7.95. The molecule has 0 saturated carbocycles. The summed E-state index contributed by atoms with van der Waals surface area (Å²) in [6.07, 6.45) is 0. The van der Waals surface area contributed by atoms with E-state index < -0.39 is 0 Å². The number of hydrogen-bond acceptors (Lipinski definition) is 3. The Morgan fingerprint density at radius 1 is 1.17 bits per heavy atom. The zero-order valence-electron chi connectivity index (χ0n) is 10.4. The molecular weight excluding hydrogens is 244 g/mol. The van der Waals surface area contributed by atoms with Crippen LogP contribution in [0.4, 0.5) is 0 Å². The fourth-order valence-electron chi connectivity index (χ4n) is 2.31. The molecule has 3 rings (SSSR count). The lowest BCUT2D eigenvalue weighted by Crippen LogP contribution is -2.01. The number of carbonyl (C=O) groups excluding carboxylic acids is 1. The second kappa shape index (κ2) is 4.34. The average molecular weight is 258 g/mol. The normalized spacial score (nSPS) is 13.7. The molecular formula is C15H14O2S. The largest absolute Gasteiger partial charge is 0.372 e. The van der Waals surface area contributed by atoms with Crippen molar-refractivity contribution >= 4 is 17.1 Å².